The molecule has 0 saturated carbocycles. The van der Waals surface area contributed by atoms with Crippen molar-refractivity contribution in [3.05, 3.63) is 15.6 Å². The van der Waals surface area contributed by atoms with Crippen molar-refractivity contribution in [2.75, 3.05) is 13.2 Å². The third-order valence-corrected chi connectivity index (χ3v) is 4.85. The van der Waals surface area contributed by atoms with Crippen LogP contribution in [0, 0.1) is 0 Å². The van der Waals surface area contributed by atoms with Crippen molar-refractivity contribution in [2.45, 2.75) is 51.2 Å². The monoisotopic (exact) mass is 252 g/mol. The fourth-order valence-electron chi connectivity index (χ4n) is 2.79. The Morgan fingerprint density at radius 3 is 3.12 bits per heavy atom. The van der Waals surface area contributed by atoms with E-state index >= 15 is 0 Å². The summed E-state index contributed by atoms with van der Waals surface area (Å²) in [4.78, 5) is 6.36. The highest BCUT2D eigenvalue weighted by molar-refractivity contribution is 7.11. The maximum absolute atomic E-state index is 5.74. The van der Waals surface area contributed by atoms with E-state index in [4.69, 9.17) is 9.72 Å². The van der Waals surface area contributed by atoms with Crippen molar-refractivity contribution in [3.63, 3.8) is 0 Å². The van der Waals surface area contributed by atoms with Crippen LogP contribution in [0.1, 0.15) is 60.3 Å². The van der Waals surface area contributed by atoms with E-state index in [-0.39, 0.29) is 6.10 Å². The van der Waals surface area contributed by atoms with Gasteiger partial charge in [0.1, 0.15) is 11.1 Å². The van der Waals surface area contributed by atoms with Gasteiger partial charge in [0, 0.05) is 11.5 Å². The van der Waals surface area contributed by atoms with Crippen molar-refractivity contribution in [2.24, 2.45) is 0 Å². The number of nitrogens with one attached hydrogen (secondary N) is 1. The predicted molar refractivity (Wildman–Crippen MR) is 69.4 cm³/mol. The molecule has 3 nitrogen and oxygen atoms in total. The number of ether oxygens (including phenoxy) is 1. The van der Waals surface area contributed by atoms with E-state index in [9.17, 15) is 0 Å². The van der Waals surface area contributed by atoms with Gasteiger partial charge in [0.05, 0.1) is 11.7 Å². The molecule has 2 aliphatic rings. The Labute approximate surface area is 107 Å². The largest absolute Gasteiger partial charge is 0.371 e. The average molecular weight is 252 g/mol. The van der Waals surface area contributed by atoms with E-state index in [2.05, 4.69) is 12.2 Å². The summed E-state index contributed by atoms with van der Waals surface area (Å²) >= 11 is 1.89. The SMILES string of the molecule is CCNC1CCCc2sc(C3CCCO3)nc21. The summed E-state index contributed by atoms with van der Waals surface area (Å²) in [6.45, 7) is 4.10. The zero-order valence-corrected chi connectivity index (χ0v) is 11.2. The number of rotatable bonds is 3. The van der Waals surface area contributed by atoms with Gasteiger partial charge < -0.3 is 10.1 Å². The summed E-state index contributed by atoms with van der Waals surface area (Å²) in [5.41, 5.74) is 1.31. The molecule has 1 aromatic rings. The standard InChI is InChI=1S/C13H20N2OS/c1-2-14-9-5-3-7-11-12(9)15-13(17-11)10-6-4-8-16-10/h9-10,14H,2-8H2,1H3. The molecule has 1 aromatic heterocycles. The van der Waals surface area contributed by atoms with Crippen LogP contribution in [-0.4, -0.2) is 18.1 Å². The summed E-state index contributed by atoms with van der Waals surface area (Å²) in [6, 6.07) is 0.482. The third kappa shape index (κ3) is 2.26. The Morgan fingerprint density at radius 2 is 2.35 bits per heavy atom. The molecule has 0 radical (unpaired) electrons. The molecule has 1 saturated heterocycles. The maximum atomic E-state index is 5.74. The lowest BCUT2D eigenvalue weighted by Crippen LogP contribution is -2.24. The second-order valence-corrected chi connectivity index (χ2v) is 5.98. The van der Waals surface area contributed by atoms with Crippen LogP contribution in [0.2, 0.25) is 0 Å². The molecule has 1 aliphatic heterocycles. The third-order valence-electron chi connectivity index (χ3n) is 3.63. The maximum Gasteiger partial charge on any atom is 0.122 e. The minimum absolute atomic E-state index is 0.285. The van der Waals surface area contributed by atoms with Crippen molar-refractivity contribution >= 4 is 11.3 Å². The molecule has 2 atom stereocenters. The number of nitrogens with zero attached hydrogens (tertiary/aromatic N) is 1. The van der Waals surface area contributed by atoms with Gasteiger partial charge in [-0.15, -0.1) is 11.3 Å². The van der Waals surface area contributed by atoms with Gasteiger partial charge in [-0.3, -0.25) is 0 Å². The Morgan fingerprint density at radius 1 is 1.41 bits per heavy atom. The Bertz CT molecular complexity index is 385. The van der Waals surface area contributed by atoms with Gasteiger partial charge in [-0.05, 0) is 38.6 Å². The lowest BCUT2D eigenvalue weighted by molar-refractivity contribution is 0.111. The van der Waals surface area contributed by atoms with Crippen molar-refractivity contribution in [3.8, 4) is 0 Å². The number of fused-ring (bicyclic) bond motifs is 1. The smallest absolute Gasteiger partial charge is 0.122 e. The van der Waals surface area contributed by atoms with E-state index < -0.39 is 0 Å². The quantitative estimate of drug-likeness (QED) is 0.898. The Hall–Kier alpha value is -0.450. The van der Waals surface area contributed by atoms with E-state index in [0.717, 1.165) is 19.6 Å². The molecule has 0 bridgehead atoms. The van der Waals surface area contributed by atoms with Gasteiger partial charge in [0.2, 0.25) is 0 Å². The minimum Gasteiger partial charge on any atom is -0.371 e. The molecule has 1 N–H and O–H groups in total. The molecule has 1 aliphatic carbocycles. The average Bonchev–Trinajstić information content (AvgIpc) is 2.98. The van der Waals surface area contributed by atoms with Crippen molar-refractivity contribution in [1.29, 1.82) is 0 Å². The lowest BCUT2D eigenvalue weighted by atomic mass is 9.98. The van der Waals surface area contributed by atoms with Crippen LogP contribution in [0.3, 0.4) is 0 Å². The summed E-state index contributed by atoms with van der Waals surface area (Å²) in [6.07, 6.45) is 6.35. The normalized spacial score (nSPS) is 28.3. The molecule has 2 heterocycles. The summed E-state index contributed by atoms with van der Waals surface area (Å²) in [7, 11) is 0. The van der Waals surface area contributed by atoms with E-state index in [1.54, 1.807) is 0 Å². The summed E-state index contributed by atoms with van der Waals surface area (Å²) < 4.78 is 5.74. The molecule has 94 valence electrons. The fraction of sp³-hybridized carbons (Fsp3) is 0.769. The molecule has 1 fully saturated rings. The number of hydrogen-bond acceptors (Lipinski definition) is 4. The number of aromatic nitrogens is 1. The number of aryl methyl sites for hydroxylation is 1. The summed E-state index contributed by atoms with van der Waals surface area (Å²) in [5.74, 6) is 0. The van der Waals surface area contributed by atoms with Crippen LogP contribution in [0.15, 0.2) is 0 Å². The Kier molecular flexibility index (Phi) is 3.45. The molecule has 2 unspecified atom stereocenters. The first-order valence-electron chi connectivity index (χ1n) is 6.73. The van der Waals surface area contributed by atoms with E-state index in [1.165, 1.54) is 41.3 Å². The van der Waals surface area contributed by atoms with Crippen LogP contribution >= 0.6 is 11.3 Å². The van der Waals surface area contributed by atoms with Gasteiger partial charge in [-0.1, -0.05) is 6.92 Å². The molecule has 0 spiro atoms. The summed E-state index contributed by atoms with van der Waals surface area (Å²) in [5, 5.41) is 4.77. The first-order valence-corrected chi connectivity index (χ1v) is 7.54. The minimum atomic E-state index is 0.285. The lowest BCUT2D eigenvalue weighted by Gasteiger charge is -2.21. The number of hydrogen-bond donors (Lipinski definition) is 1. The highest BCUT2D eigenvalue weighted by Gasteiger charge is 2.28. The molecule has 17 heavy (non-hydrogen) atoms. The highest BCUT2D eigenvalue weighted by Crippen LogP contribution is 2.38. The molecule has 0 aromatic carbocycles. The molecular weight excluding hydrogens is 232 g/mol. The van der Waals surface area contributed by atoms with Crippen LogP contribution in [-0.2, 0) is 11.2 Å². The fourth-order valence-corrected chi connectivity index (χ4v) is 4.05. The number of thiazole rings is 1. The van der Waals surface area contributed by atoms with Gasteiger partial charge >= 0.3 is 0 Å². The van der Waals surface area contributed by atoms with Crippen LogP contribution in [0.4, 0.5) is 0 Å². The van der Waals surface area contributed by atoms with Crippen LogP contribution in [0.25, 0.3) is 0 Å². The van der Waals surface area contributed by atoms with Gasteiger partial charge in [0.15, 0.2) is 0 Å². The molecule has 0 amide bonds. The second-order valence-electron chi connectivity index (χ2n) is 4.86. The Balaban J connectivity index is 1.84. The topological polar surface area (TPSA) is 34.1 Å². The van der Waals surface area contributed by atoms with Crippen LogP contribution < -0.4 is 5.32 Å². The molecule has 4 heteroatoms. The van der Waals surface area contributed by atoms with Gasteiger partial charge in [-0.2, -0.15) is 0 Å². The van der Waals surface area contributed by atoms with Crippen molar-refractivity contribution in [1.82, 2.24) is 10.3 Å². The zero-order valence-electron chi connectivity index (χ0n) is 10.4. The second kappa shape index (κ2) is 5.04. The molecule has 3 rings (SSSR count). The van der Waals surface area contributed by atoms with Gasteiger partial charge in [-0.25, -0.2) is 4.98 Å². The van der Waals surface area contributed by atoms with Crippen LogP contribution in [0.5, 0.6) is 0 Å². The van der Waals surface area contributed by atoms with Gasteiger partial charge in [0.25, 0.3) is 0 Å². The van der Waals surface area contributed by atoms with E-state index in [0.29, 0.717) is 6.04 Å². The molecular formula is C13H20N2OS. The van der Waals surface area contributed by atoms with Crippen molar-refractivity contribution < 1.29 is 4.74 Å². The van der Waals surface area contributed by atoms with E-state index in [1.807, 2.05) is 11.3 Å². The zero-order chi connectivity index (χ0) is 11.7. The first-order chi connectivity index (χ1) is 8.38. The first kappa shape index (κ1) is 11.6. The predicted octanol–water partition coefficient (Wildman–Crippen LogP) is 2.98. The highest BCUT2D eigenvalue weighted by atomic mass is 32.1.